The summed E-state index contributed by atoms with van der Waals surface area (Å²) >= 11 is 0. The van der Waals surface area contributed by atoms with Crippen LogP contribution in [-0.2, 0) is 0 Å². The van der Waals surface area contributed by atoms with Crippen molar-refractivity contribution in [3.63, 3.8) is 0 Å². The number of ether oxygens (including phenoxy) is 2. The fourth-order valence-corrected chi connectivity index (χ4v) is 2.60. The largest absolute Gasteiger partial charge is 0.497 e. The molecule has 2 aromatic heterocycles. The highest BCUT2D eigenvalue weighted by Gasteiger charge is 2.28. The lowest BCUT2D eigenvalue weighted by Crippen LogP contribution is -1.99. The zero-order valence-electron chi connectivity index (χ0n) is 12.7. The molecule has 116 valence electrons. The lowest BCUT2D eigenvalue weighted by Gasteiger charge is -2.01. The van der Waals surface area contributed by atoms with E-state index in [1.807, 2.05) is 0 Å². The van der Waals surface area contributed by atoms with E-state index < -0.39 is 0 Å². The number of nitriles is 1. The van der Waals surface area contributed by atoms with Crippen molar-refractivity contribution in [1.29, 1.82) is 5.26 Å². The van der Waals surface area contributed by atoms with Gasteiger partial charge in [-0.25, -0.2) is 4.98 Å². The van der Waals surface area contributed by atoms with Gasteiger partial charge >= 0.3 is 0 Å². The molecule has 4 rings (SSSR count). The minimum Gasteiger partial charge on any atom is -0.497 e. The summed E-state index contributed by atoms with van der Waals surface area (Å²) in [6.45, 7) is 0. The van der Waals surface area contributed by atoms with Crippen LogP contribution in [0.4, 0.5) is 0 Å². The van der Waals surface area contributed by atoms with Gasteiger partial charge in [0, 0.05) is 18.3 Å². The first-order valence-corrected chi connectivity index (χ1v) is 7.19. The standard InChI is InChI=1S/C18H11N3O3/c1-23-13-3-4-14-15(7-13)24-16(18(14)22)6-12-9-20-17-5-2-11(8-19)10-21(12)17/h2-7,9-10H,1H3/b16-6+. The van der Waals surface area contributed by atoms with Crippen LogP contribution in [0.5, 0.6) is 11.5 Å². The number of fused-ring (bicyclic) bond motifs is 2. The van der Waals surface area contributed by atoms with Crippen LogP contribution in [0.15, 0.2) is 48.5 Å². The SMILES string of the molecule is COc1ccc2c(c1)O/C(=C/c1cnc3ccc(C#N)cn13)C2=O. The van der Waals surface area contributed by atoms with Gasteiger partial charge in [0.2, 0.25) is 5.78 Å². The lowest BCUT2D eigenvalue weighted by molar-refractivity contribution is 0.101. The first kappa shape index (κ1) is 14.0. The molecular formula is C18H11N3O3. The lowest BCUT2D eigenvalue weighted by atomic mass is 10.1. The van der Waals surface area contributed by atoms with Gasteiger partial charge in [-0.1, -0.05) is 0 Å². The van der Waals surface area contributed by atoms with Crippen molar-refractivity contribution in [2.45, 2.75) is 0 Å². The Labute approximate surface area is 137 Å². The van der Waals surface area contributed by atoms with Gasteiger partial charge in [0.25, 0.3) is 0 Å². The van der Waals surface area contributed by atoms with E-state index in [2.05, 4.69) is 11.1 Å². The molecule has 1 aliphatic heterocycles. The second kappa shape index (κ2) is 5.25. The summed E-state index contributed by atoms with van der Waals surface area (Å²) in [6.07, 6.45) is 4.92. The molecule has 0 bridgehead atoms. The summed E-state index contributed by atoms with van der Waals surface area (Å²) < 4.78 is 12.6. The topological polar surface area (TPSA) is 76.6 Å². The monoisotopic (exact) mass is 317 g/mol. The molecule has 0 unspecified atom stereocenters. The number of carbonyl (C=O) groups excluding carboxylic acids is 1. The minimum atomic E-state index is -0.195. The third-order valence-electron chi connectivity index (χ3n) is 3.82. The Kier molecular flexibility index (Phi) is 3.07. The van der Waals surface area contributed by atoms with Crippen LogP contribution in [0.2, 0.25) is 0 Å². The zero-order valence-corrected chi connectivity index (χ0v) is 12.7. The summed E-state index contributed by atoms with van der Waals surface area (Å²) in [7, 11) is 1.56. The molecule has 0 radical (unpaired) electrons. The molecular weight excluding hydrogens is 306 g/mol. The van der Waals surface area contributed by atoms with Gasteiger partial charge < -0.3 is 9.47 Å². The molecule has 0 saturated heterocycles. The molecule has 1 aromatic carbocycles. The second-order valence-corrected chi connectivity index (χ2v) is 5.24. The molecule has 0 amide bonds. The number of allylic oxidation sites excluding steroid dienone is 1. The average molecular weight is 317 g/mol. The van der Waals surface area contributed by atoms with Crippen LogP contribution >= 0.6 is 0 Å². The van der Waals surface area contributed by atoms with E-state index in [9.17, 15) is 4.79 Å². The molecule has 3 aromatic rings. The average Bonchev–Trinajstić information content (AvgIpc) is 3.16. The van der Waals surface area contributed by atoms with E-state index in [1.54, 1.807) is 60.3 Å². The number of ketones is 1. The summed E-state index contributed by atoms with van der Waals surface area (Å²) in [5, 5.41) is 9.03. The number of pyridine rings is 1. The molecule has 0 N–H and O–H groups in total. The van der Waals surface area contributed by atoms with E-state index in [0.29, 0.717) is 34.0 Å². The number of nitrogens with zero attached hydrogens (tertiary/aromatic N) is 3. The number of hydrogen-bond acceptors (Lipinski definition) is 5. The number of imidazole rings is 1. The Morgan fingerprint density at radius 3 is 3.00 bits per heavy atom. The molecule has 6 heteroatoms. The minimum absolute atomic E-state index is 0.195. The molecule has 0 fully saturated rings. The fourth-order valence-electron chi connectivity index (χ4n) is 2.60. The van der Waals surface area contributed by atoms with Crippen molar-refractivity contribution in [2.24, 2.45) is 0 Å². The molecule has 24 heavy (non-hydrogen) atoms. The summed E-state index contributed by atoms with van der Waals surface area (Å²) in [6, 6.07) is 10.6. The molecule has 3 heterocycles. The van der Waals surface area contributed by atoms with Crippen molar-refractivity contribution in [3.8, 4) is 17.6 Å². The number of aromatic nitrogens is 2. The molecule has 0 aliphatic carbocycles. The quantitative estimate of drug-likeness (QED) is 0.679. The summed E-state index contributed by atoms with van der Waals surface area (Å²) in [5.74, 6) is 1.11. The number of rotatable bonds is 2. The highest BCUT2D eigenvalue weighted by Crippen LogP contribution is 2.34. The maximum absolute atomic E-state index is 12.5. The number of Topliss-reactive ketones (excluding diaryl/α,β-unsaturated/α-hetero) is 1. The van der Waals surface area contributed by atoms with Crippen LogP contribution in [-0.4, -0.2) is 22.3 Å². The van der Waals surface area contributed by atoms with Crippen LogP contribution in [0.25, 0.3) is 11.7 Å². The third-order valence-corrected chi connectivity index (χ3v) is 3.82. The van der Waals surface area contributed by atoms with Crippen molar-refractivity contribution in [2.75, 3.05) is 7.11 Å². The Bertz CT molecular complexity index is 1060. The van der Waals surface area contributed by atoms with Gasteiger partial charge in [-0.2, -0.15) is 5.26 Å². The first-order valence-electron chi connectivity index (χ1n) is 7.19. The Morgan fingerprint density at radius 1 is 1.33 bits per heavy atom. The first-order chi connectivity index (χ1) is 11.7. The van der Waals surface area contributed by atoms with Crippen LogP contribution in [0, 0.1) is 11.3 Å². The van der Waals surface area contributed by atoms with Crippen LogP contribution in [0.3, 0.4) is 0 Å². The summed E-state index contributed by atoms with van der Waals surface area (Å²) in [5.41, 5.74) is 2.34. The normalized spacial score (nSPS) is 14.5. The van der Waals surface area contributed by atoms with Crippen molar-refractivity contribution in [3.05, 3.63) is 65.3 Å². The van der Waals surface area contributed by atoms with E-state index in [-0.39, 0.29) is 11.5 Å². The Hall–Kier alpha value is -3.59. The highest BCUT2D eigenvalue weighted by molar-refractivity contribution is 6.14. The van der Waals surface area contributed by atoms with E-state index >= 15 is 0 Å². The second-order valence-electron chi connectivity index (χ2n) is 5.24. The van der Waals surface area contributed by atoms with Gasteiger partial charge in [-0.05, 0) is 24.3 Å². The van der Waals surface area contributed by atoms with E-state index in [0.717, 1.165) is 0 Å². The van der Waals surface area contributed by atoms with Crippen molar-refractivity contribution in [1.82, 2.24) is 9.38 Å². The van der Waals surface area contributed by atoms with Crippen molar-refractivity contribution < 1.29 is 14.3 Å². The molecule has 1 aliphatic rings. The van der Waals surface area contributed by atoms with Crippen LogP contribution in [0.1, 0.15) is 21.6 Å². The van der Waals surface area contributed by atoms with Gasteiger partial charge in [0.05, 0.1) is 30.1 Å². The van der Waals surface area contributed by atoms with Gasteiger partial charge in [0.1, 0.15) is 23.2 Å². The predicted molar refractivity (Wildman–Crippen MR) is 85.8 cm³/mol. The van der Waals surface area contributed by atoms with Gasteiger partial charge in [0.15, 0.2) is 5.76 Å². The maximum Gasteiger partial charge on any atom is 0.232 e. The number of benzene rings is 1. The van der Waals surface area contributed by atoms with Gasteiger partial charge in [-0.3, -0.25) is 9.20 Å². The molecule has 0 saturated carbocycles. The van der Waals surface area contributed by atoms with Crippen LogP contribution < -0.4 is 9.47 Å². The fraction of sp³-hybridized carbons (Fsp3) is 0.0556. The zero-order chi connectivity index (χ0) is 16.7. The highest BCUT2D eigenvalue weighted by atomic mass is 16.5. The number of hydrogen-bond donors (Lipinski definition) is 0. The predicted octanol–water partition coefficient (Wildman–Crippen LogP) is 2.83. The smallest absolute Gasteiger partial charge is 0.232 e. The number of methoxy groups -OCH3 is 1. The number of carbonyl (C=O) groups is 1. The maximum atomic E-state index is 12.5. The van der Waals surface area contributed by atoms with E-state index in [1.165, 1.54) is 0 Å². The molecule has 0 spiro atoms. The molecule has 6 nitrogen and oxygen atoms in total. The summed E-state index contributed by atoms with van der Waals surface area (Å²) in [4.78, 5) is 16.7. The van der Waals surface area contributed by atoms with Crippen molar-refractivity contribution >= 4 is 17.5 Å². The van der Waals surface area contributed by atoms with Gasteiger partial charge in [-0.15, -0.1) is 0 Å². The Balaban J connectivity index is 1.77. The van der Waals surface area contributed by atoms with E-state index in [4.69, 9.17) is 14.7 Å². The third kappa shape index (κ3) is 2.11. The Morgan fingerprint density at radius 2 is 2.21 bits per heavy atom. The molecule has 0 atom stereocenters.